The third-order valence-electron chi connectivity index (χ3n) is 1.24. The van der Waals surface area contributed by atoms with Gasteiger partial charge in [0.15, 0.2) is 5.17 Å². The highest BCUT2D eigenvalue weighted by Gasteiger charge is 2.05. The molecule has 0 heterocycles. The van der Waals surface area contributed by atoms with E-state index < -0.39 is 0 Å². The Morgan fingerprint density at radius 2 is 2.00 bits per heavy atom. The standard InChI is InChI=1S/C7H4Cl3NO/c8-4-1-2-5(6(9)3-4)7(10)11-12/h1-3,12H/b11-7-. The molecular weight excluding hydrogens is 220 g/mol. The second-order valence-electron chi connectivity index (χ2n) is 2.01. The van der Waals surface area contributed by atoms with Crippen molar-refractivity contribution in [3.63, 3.8) is 0 Å². The van der Waals surface area contributed by atoms with Gasteiger partial charge in [0.25, 0.3) is 0 Å². The van der Waals surface area contributed by atoms with Gasteiger partial charge in [-0.25, -0.2) is 0 Å². The van der Waals surface area contributed by atoms with E-state index in [1.54, 1.807) is 12.1 Å². The number of halogens is 3. The Morgan fingerprint density at radius 3 is 2.50 bits per heavy atom. The van der Waals surface area contributed by atoms with E-state index in [1.807, 2.05) is 0 Å². The topological polar surface area (TPSA) is 32.6 Å². The molecule has 0 aliphatic rings. The maximum atomic E-state index is 8.35. The number of hydrogen-bond acceptors (Lipinski definition) is 2. The maximum Gasteiger partial charge on any atom is 0.176 e. The van der Waals surface area contributed by atoms with Gasteiger partial charge in [-0.1, -0.05) is 40.0 Å². The number of oxime groups is 1. The van der Waals surface area contributed by atoms with E-state index in [0.717, 1.165) is 0 Å². The minimum absolute atomic E-state index is 0.0586. The van der Waals surface area contributed by atoms with Crippen molar-refractivity contribution < 1.29 is 5.21 Å². The summed E-state index contributed by atoms with van der Waals surface area (Å²) in [6, 6.07) is 4.70. The maximum absolute atomic E-state index is 8.35. The van der Waals surface area contributed by atoms with Crippen molar-refractivity contribution >= 4 is 40.0 Å². The van der Waals surface area contributed by atoms with Crippen LogP contribution in [0.15, 0.2) is 23.4 Å². The van der Waals surface area contributed by atoms with Crippen molar-refractivity contribution in [3.05, 3.63) is 33.8 Å². The van der Waals surface area contributed by atoms with Gasteiger partial charge < -0.3 is 5.21 Å². The number of hydrogen-bond donors (Lipinski definition) is 1. The molecule has 64 valence electrons. The lowest BCUT2D eigenvalue weighted by Crippen LogP contribution is -1.91. The smallest absolute Gasteiger partial charge is 0.176 e. The van der Waals surface area contributed by atoms with Gasteiger partial charge in [-0.3, -0.25) is 0 Å². The molecule has 0 fully saturated rings. The molecular formula is C7H4Cl3NO. The zero-order valence-electron chi connectivity index (χ0n) is 5.76. The number of benzene rings is 1. The molecule has 12 heavy (non-hydrogen) atoms. The van der Waals surface area contributed by atoms with E-state index >= 15 is 0 Å². The average molecular weight is 224 g/mol. The fourth-order valence-electron chi connectivity index (χ4n) is 0.711. The van der Waals surface area contributed by atoms with E-state index in [1.165, 1.54) is 6.07 Å². The summed E-state index contributed by atoms with van der Waals surface area (Å²) in [7, 11) is 0. The first-order valence-electron chi connectivity index (χ1n) is 2.98. The van der Waals surface area contributed by atoms with E-state index in [2.05, 4.69) is 5.16 Å². The van der Waals surface area contributed by atoms with Crippen LogP contribution in [0.3, 0.4) is 0 Å². The summed E-state index contributed by atoms with van der Waals surface area (Å²) >= 11 is 16.9. The lowest BCUT2D eigenvalue weighted by molar-refractivity contribution is 0.321. The Kier molecular flexibility index (Phi) is 3.20. The predicted octanol–water partition coefficient (Wildman–Crippen LogP) is 3.37. The van der Waals surface area contributed by atoms with Crippen LogP contribution in [0.5, 0.6) is 0 Å². The first-order valence-corrected chi connectivity index (χ1v) is 4.11. The fraction of sp³-hybridized carbons (Fsp3) is 0. The van der Waals surface area contributed by atoms with Crippen molar-refractivity contribution in [1.82, 2.24) is 0 Å². The quantitative estimate of drug-likeness (QED) is 0.443. The minimum atomic E-state index is -0.0586. The molecule has 2 nitrogen and oxygen atoms in total. The summed E-state index contributed by atoms with van der Waals surface area (Å²) in [6.45, 7) is 0. The highest BCUT2D eigenvalue weighted by molar-refractivity contribution is 6.70. The van der Waals surface area contributed by atoms with Gasteiger partial charge in [-0.05, 0) is 18.2 Å². The molecule has 0 radical (unpaired) electrons. The molecule has 0 aliphatic heterocycles. The highest BCUT2D eigenvalue weighted by Crippen LogP contribution is 2.22. The first-order chi connectivity index (χ1) is 5.65. The van der Waals surface area contributed by atoms with Crippen molar-refractivity contribution in [2.45, 2.75) is 0 Å². The van der Waals surface area contributed by atoms with Gasteiger partial charge in [-0.2, -0.15) is 0 Å². The van der Waals surface area contributed by atoms with Gasteiger partial charge >= 0.3 is 0 Å². The average Bonchev–Trinajstić information content (AvgIpc) is 2.03. The molecule has 0 aliphatic carbocycles. The summed E-state index contributed by atoms with van der Waals surface area (Å²) < 4.78 is 0. The molecule has 5 heteroatoms. The molecule has 1 rings (SSSR count). The molecule has 0 unspecified atom stereocenters. The molecule has 1 aromatic rings. The van der Waals surface area contributed by atoms with Crippen LogP contribution in [0.25, 0.3) is 0 Å². The normalized spacial score (nSPS) is 11.8. The molecule has 0 aromatic heterocycles. The molecule has 1 N–H and O–H groups in total. The zero-order valence-corrected chi connectivity index (χ0v) is 8.03. The monoisotopic (exact) mass is 223 g/mol. The van der Waals surface area contributed by atoms with Crippen LogP contribution in [0.4, 0.5) is 0 Å². The second kappa shape index (κ2) is 3.99. The minimum Gasteiger partial charge on any atom is -0.410 e. The van der Waals surface area contributed by atoms with Crippen LogP contribution in [0.2, 0.25) is 10.0 Å². The van der Waals surface area contributed by atoms with E-state index in [9.17, 15) is 0 Å². The first kappa shape index (κ1) is 9.65. The second-order valence-corrected chi connectivity index (χ2v) is 3.22. The Balaban J connectivity index is 3.18. The summed E-state index contributed by atoms with van der Waals surface area (Å²) in [6.07, 6.45) is 0. The zero-order chi connectivity index (χ0) is 9.14. The lowest BCUT2D eigenvalue weighted by atomic mass is 10.2. The third kappa shape index (κ3) is 2.03. The number of nitrogens with zero attached hydrogens (tertiary/aromatic N) is 1. The van der Waals surface area contributed by atoms with E-state index in [4.69, 9.17) is 40.0 Å². The van der Waals surface area contributed by atoms with Gasteiger partial charge in [0.2, 0.25) is 0 Å². The summed E-state index contributed by atoms with van der Waals surface area (Å²) in [5, 5.41) is 11.9. The van der Waals surface area contributed by atoms with Crippen molar-refractivity contribution in [1.29, 1.82) is 0 Å². The molecule has 0 saturated heterocycles. The molecule has 1 aromatic carbocycles. The Bertz CT molecular complexity index is 324. The van der Waals surface area contributed by atoms with Crippen LogP contribution in [-0.4, -0.2) is 10.4 Å². The SMILES string of the molecule is O/N=C(\Cl)c1ccc(Cl)cc1Cl. The Labute approximate surface area is 84.3 Å². The van der Waals surface area contributed by atoms with Crippen molar-refractivity contribution in [3.8, 4) is 0 Å². The molecule has 0 spiro atoms. The molecule has 0 bridgehead atoms. The van der Waals surface area contributed by atoms with E-state index in [0.29, 0.717) is 15.6 Å². The third-order valence-corrected chi connectivity index (χ3v) is 2.07. The van der Waals surface area contributed by atoms with Crippen LogP contribution < -0.4 is 0 Å². The number of rotatable bonds is 1. The van der Waals surface area contributed by atoms with Crippen molar-refractivity contribution in [2.75, 3.05) is 0 Å². The van der Waals surface area contributed by atoms with E-state index in [-0.39, 0.29) is 5.17 Å². The van der Waals surface area contributed by atoms with Gasteiger partial charge in [0, 0.05) is 10.6 Å². The summed E-state index contributed by atoms with van der Waals surface area (Å²) in [5.41, 5.74) is 0.449. The van der Waals surface area contributed by atoms with Gasteiger partial charge in [0.1, 0.15) is 0 Å². The Morgan fingerprint density at radius 1 is 1.33 bits per heavy atom. The lowest BCUT2D eigenvalue weighted by Gasteiger charge is -1.99. The largest absolute Gasteiger partial charge is 0.410 e. The molecule has 0 saturated carbocycles. The summed E-state index contributed by atoms with van der Waals surface area (Å²) in [5.74, 6) is 0. The fourth-order valence-corrected chi connectivity index (χ4v) is 1.42. The van der Waals surface area contributed by atoms with Gasteiger partial charge in [-0.15, -0.1) is 0 Å². The van der Waals surface area contributed by atoms with Crippen molar-refractivity contribution in [2.24, 2.45) is 5.16 Å². The summed E-state index contributed by atoms with van der Waals surface area (Å²) in [4.78, 5) is 0. The van der Waals surface area contributed by atoms with Gasteiger partial charge in [0.05, 0.1) is 5.02 Å². The van der Waals surface area contributed by atoms with Crippen LogP contribution in [0, 0.1) is 0 Å². The molecule has 0 amide bonds. The predicted molar refractivity (Wildman–Crippen MR) is 50.6 cm³/mol. The van der Waals surface area contributed by atoms with Crippen LogP contribution in [-0.2, 0) is 0 Å². The van der Waals surface area contributed by atoms with Crippen LogP contribution in [0.1, 0.15) is 5.56 Å². The molecule has 0 atom stereocenters. The highest BCUT2D eigenvalue weighted by atomic mass is 35.5. The van der Waals surface area contributed by atoms with Crippen LogP contribution >= 0.6 is 34.8 Å². The Hall–Kier alpha value is -0.440.